The van der Waals surface area contributed by atoms with E-state index in [0.29, 0.717) is 11.3 Å². The van der Waals surface area contributed by atoms with Gasteiger partial charge in [-0.2, -0.15) is 0 Å². The summed E-state index contributed by atoms with van der Waals surface area (Å²) >= 11 is 0. The van der Waals surface area contributed by atoms with Gasteiger partial charge < -0.3 is 14.5 Å². The van der Waals surface area contributed by atoms with E-state index in [0.717, 1.165) is 16.5 Å². The van der Waals surface area contributed by atoms with Crippen LogP contribution in [0.4, 0.5) is 5.69 Å². The minimum atomic E-state index is -0.943. The van der Waals surface area contributed by atoms with E-state index in [2.05, 4.69) is 5.32 Å². The Kier molecular flexibility index (Phi) is 4.57. The minimum absolute atomic E-state index is 0.0763. The van der Waals surface area contributed by atoms with Crippen LogP contribution in [-0.4, -0.2) is 18.0 Å². The van der Waals surface area contributed by atoms with E-state index in [1.165, 1.54) is 6.92 Å². The SMILES string of the molecule is Cc1ccc(NC(=O)[C@@H](C)OC(=O)c2cc3ccccc3o2)c(C)c1. The molecule has 0 unspecified atom stereocenters. The average molecular weight is 337 g/mol. The standard InChI is InChI=1S/C20H19NO4/c1-12-8-9-16(13(2)10-12)21-19(22)14(3)24-20(23)18-11-15-6-4-5-7-17(15)25-18/h4-11,14H,1-3H3,(H,21,22)/t14-/m1/s1. The zero-order valence-electron chi connectivity index (χ0n) is 14.3. The van der Waals surface area contributed by atoms with Gasteiger partial charge in [-0.25, -0.2) is 4.79 Å². The van der Waals surface area contributed by atoms with Gasteiger partial charge in [0.25, 0.3) is 5.91 Å². The highest BCUT2D eigenvalue weighted by molar-refractivity contribution is 5.98. The third kappa shape index (κ3) is 3.71. The molecule has 0 saturated heterocycles. The predicted molar refractivity (Wildman–Crippen MR) is 95.6 cm³/mol. The molecular weight excluding hydrogens is 318 g/mol. The molecule has 0 aliphatic heterocycles. The van der Waals surface area contributed by atoms with Gasteiger partial charge in [-0.3, -0.25) is 4.79 Å². The van der Waals surface area contributed by atoms with Crippen LogP contribution in [0.1, 0.15) is 28.6 Å². The van der Waals surface area contributed by atoms with Crippen LogP contribution >= 0.6 is 0 Å². The second kappa shape index (κ2) is 6.81. The van der Waals surface area contributed by atoms with Crippen molar-refractivity contribution in [3.05, 3.63) is 65.4 Å². The van der Waals surface area contributed by atoms with Crippen LogP contribution in [0.25, 0.3) is 11.0 Å². The van der Waals surface area contributed by atoms with E-state index in [1.807, 2.05) is 50.2 Å². The number of aryl methyl sites for hydroxylation is 2. The summed E-state index contributed by atoms with van der Waals surface area (Å²) in [5.74, 6) is -0.983. The predicted octanol–water partition coefficient (Wildman–Crippen LogP) is 4.23. The van der Waals surface area contributed by atoms with Crippen LogP contribution in [0, 0.1) is 13.8 Å². The number of nitrogens with one attached hydrogen (secondary N) is 1. The van der Waals surface area contributed by atoms with Crippen molar-refractivity contribution >= 4 is 28.5 Å². The molecule has 128 valence electrons. The molecule has 3 aromatic rings. The molecule has 0 spiro atoms. The van der Waals surface area contributed by atoms with Crippen LogP contribution in [-0.2, 0) is 9.53 Å². The van der Waals surface area contributed by atoms with E-state index in [9.17, 15) is 9.59 Å². The number of esters is 1. The first-order chi connectivity index (χ1) is 11.9. The van der Waals surface area contributed by atoms with Gasteiger partial charge in [-0.15, -0.1) is 0 Å². The van der Waals surface area contributed by atoms with Gasteiger partial charge in [0.1, 0.15) is 5.58 Å². The molecule has 5 nitrogen and oxygen atoms in total. The number of fused-ring (bicyclic) bond motifs is 1. The number of rotatable bonds is 4. The van der Waals surface area contributed by atoms with E-state index in [1.54, 1.807) is 12.1 Å². The van der Waals surface area contributed by atoms with Crippen LogP contribution in [0.3, 0.4) is 0 Å². The molecule has 1 amide bonds. The summed E-state index contributed by atoms with van der Waals surface area (Å²) in [5, 5.41) is 3.58. The average Bonchev–Trinajstić information content (AvgIpc) is 3.01. The van der Waals surface area contributed by atoms with Gasteiger partial charge >= 0.3 is 5.97 Å². The lowest BCUT2D eigenvalue weighted by molar-refractivity contribution is -0.123. The lowest BCUT2D eigenvalue weighted by Crippen LogP contribution is -2.30. The molecule has 0 fully saturated rings. The highest BCUT2D eigenvalue weighted by Gasteiger charge is 2.22. The van der Waals surface area contributed by atoms with Gasteiger partial charge in [-0.1, -0.05) is 35.9 Å². The van der Waals surface area contributed by atoms with Gasteiger partial charge in [-0.05, 0) is 44.5 Å². The highest BCUT2D eigenvalue weighted by atomic mass is 16.6. The lowest BCUT2D eigenvalue weighted by atomic mass is 10.1. The Bertz CT molecular complexity index is 909. The van der Waals surface area contributed by atoms with Crippen LogP contribution in [0.5, 0.6) is 0 Å². The van der Waals surface area contributed by atoms with E-state index in [-0.39, 0.29) is 5.76 Å². The summed E-state index contributed by atoms with van der Waals surface area (Å²) in [6.45, 7) is 5.42. The number of carbonyl (C=O) groups is 2. The third-order valence-corrected chi connectivity index (χ3v) is 3.92. The van der Waals surface area contributed by atoms with Crippen molar-refractivity contribution < 1.29 is 18.7 Å². The van der Waals surface area contributed by atoms with E-state index >= 15 is 0 Å². The van der Waals surface area contributed by atoms with E-state index < -0.39 is 18.0 Å². The number of para-hydroxylation sites is 1. The van der Waals surface area contributed by atoms with E-state index in [4.69, 9.17) is 9.15 Å². The molecule has 1 heterocycles. The fraction of sp³-hybridized carbons (Fsp3) is 0.200. The number of hydrogen-bond donors (Lipinski definition) is 1. The topological polar surface area (TPSA) is 68.5 Å². The molecule has 3 rings (SSSR count). The zero-order valence-corrected chi connectivity index (χ0v) is 14.3. The number of anilines is 1. The summed E-state index contributed by atoms with van der Waals surface area (Å²) in [5.41, 5.74) is 3.35. The van der Waals surface area contributed by atoms with Crippen molar-refractivity contribution in [2.24, 2.45) is 0 Å². The quantitative estimate of drug-likeness (QED) is 0.723. The molecular formula is C20H19NO4. The van der Waals surface area contributed by atoms with Gasteiger partial charge in [0.2, 0.25) is 5.76 Å². The molecule has 2 aromatic carbocycles. The fourth-order valence-corrected chi connectivity index (χ4v) is 2.54. The Hall–Kier alpha value is -3.08. The van der Waals surface area contributed by atoms with Gasteiger partial charge in [0, 0.05) is 11.1 Å². The molecule has 0 aliphatic rings. The Balaban J connectivity index is 1.67. The second-order valence-corrected chi connectivity index (χ2v) is 6.00. The second-order valence-electron chi connectivity index (χ2n) is 6.00. The maximum Gasteiger partial charge on any atom is 0.375 e. The first-order valence-electron chi connectivity index (χ1n) is 8.02. The largest absolute Gasteiger partial charge is 0.449 e. The molecule has 0 aliphatic carbocycles. The van der Waals surface area contributed by atoms with Crippen molar-refractivity contribution in [2.45, 2.75) is 26.9 Å². The Morgan fingerprint density at radius 2 is 1.84 bits per heavy atom. The number of hydrogen-bond acceptors (Lipinski definition) is 4. The number of amides is 1. The highest BCUT2D eigenvalue weighted by Crippen LogP contribution is 2.20. The number of carbonyl (C=O) groups excluding carboxylic acids is 2. The fourth-order valence-electron chi connectivity index (χ4n) is 2.54. The number of furan rings is 1. The first-order valence-corrected chi connectivity index (χ1v) is 8.02. The maximum absolute atomic E-state index is 12.3. The smallest absolute Gasteiger partial charge is 0.375 e. The Morgan fingerprint density at radius 3 is 2.56 bits per heavy atom. The molecule has 25 heavy (non-hydrogen) atoms. The molecule has 0 bridgehead atoms. The van der Waals surface area contributed by atoms with Crippen molar-refractivity contribution in [1.82, 2.24) is 0 Å². The van der Waals surface area contributed by atoms with Gasteiger partial charge in [0.15, 0.2) is 6.10 Å². The molecule has 1 N–H and O–H groups in total. The lowest BCUT2D eigenvalue weighted by Gasteiger charge is -2.14. The zero-order chi connectivity index (χ0) is 18.0. The van der Waals surface area contributed by atoms with Crippen molar-refractivity contribution in [1.29, 1.82) is 0 Å². The third-order valence-electron chi connectivity index (χ3n) is 3.92. The summed E-state index contributed by atoms with van der Waals surface area (Å²) in [7, 11) is 0. The molecule has 0 radical (unpaired) electrons. The van der Waals surface area contributed by atoms with Crippen molar-refractivity contribution in [2.75, 3.05) is 5.32 Å². The van der Waals surface area contributed by atoms with Crippen molar-refractivity contribution in [3.63, 3.8) is 0 Å². The molecule has 1 aromatic heterocycles. The Morgan fingerprint density at radius 1 is 1.08 bits per heavy atom. The Labute approximate surface area is 145 Å². The van der Waals surface area contributed by atoms with Crippen LogP contribution < -0.4 is 5.32 Å². The molecule has 0 saturated carbocycles. The molecule has 1 atom stereocenters. The summed E-state index contributed by atoms with van der Waals surface area (Å²) in [6.07, 6.45) is -0.943. The minimum Gasteiger partial charge on any atom is -0.449 e. The first kappa shape index (κ1) is 16.8. The normalized spacial score (nSPS) is 12.0. The summed E-state index contributed by atoms with van der Waals surface area (Å²) < 4.78 is 10.7. The van der Waals surface area contributed by atoms with Crippen molar-refractivity contribution in [3.8, 4) is 0 Å². The summed E-state index contributed by atoms with van der Waals surface area (Å²) in [6, 6.07) is 14.6. The summed E-state index contributed by atoms with van der Waals surface area (Å²) in [4.78, 5) is 24.5. The van der Waals surface area contributed by atoms with Crippen LogP contribution in [0.15, 0.2) is 52.9 Å². The van der Waals surface area contributed by atoms with Gasteiger partial charge in [0.05, 0.1) is 0 Å². The monoisotopic (exact) mass is 337 g/mol. The number of benzene rings is 2. The molecule has 5 heteroatoms. The maximum atomic E-state index is 12.3. The number of ether oxygens (including phenoxy) is 1. The van der Waals surface area contributed by atoms with Crippen LogP contribution in [0.2, 0.25) is 0 Å².